The number of nitrogens with zero attached hydrogens (tertiary/aromatic N) is 2. The summed E-state index contributed by atoms with van der Waals surface area (Å²) in [6, 6.07) is 3.17. The van der Waals surface area contributed by atoms with E-state index in [9.17, 15) is 8.42 Å². The van der Waals surface area contributed by atoms with Gasteiger partial charge >= 0.3 is 0 Å². The molecule has 0 bridgehead atoms. The average Bonchev–Trinajstić information content (AvgIpc) is 2.94. The number of sulfonamides is 1. The van der Waals surface area contributed by atoms with Gasteiger partial charge < -0.3 is 0 Å². The first kappa shape index (κ1) is 15.2. The summed E-state index contributed by atoms with van der Waals surface area (Å²) in [4.78, 5) is 0. The second-order valence-corrected chi connectivity index (χ2v) is 7.82. The van der Waals surface area contributed by atoms with Gasteiger partial charge in [-0.15, -0.1) is 11.3 Å². The second kappa shape index (κ2) is 5.67. The van der Waals surface area contributed by atoms with E-state index >= 15 is 0 Å². The van der Waals surface area contributed by atoms with Gasteiger partial charge in [-0.05, 0) is 44.2 Å². The molecular formula is C13H19N3O2S2. The van der Waals surface area contributed by atoms with Crippen LogP contribution in [0, 0.1) is 13.8 Å². The largest absolute Gasteiger partial charge is 0.272 e. The van der Waals surface area contributed by atoms with Crippen LogP contribution in [0.5, 0.6) is 0 Å². The van der Waals surface area contributed by atoms with Crippen molar-refractivity contribution in [2.75, 3.05) is 0 Å². The molecule has 20 heavy (non-hydrogen) atoms. The first-order valence-electron chi connectivity index (χ1n) is 6.36. The zero-order valence-corrected chi connectivity index (χ0v) is 13.7. The SMILES string of the molecule is Cc1nn(C)c(C)c1C[C@H](C)NS(=O)(=O)c1cccs1. The van der Waals surface area contributed by atoms with E-state index in [1.807, 2.05) is 32.5 Å². The molecule has 0 saturated heterocycles. The third-order valence-electron chi connectivity index (χ3n) is 3.29. The summed E-state index contributed by atoms with van der Waals surface area (Å²) in [5.74, 6) is 0. The van der Waals surface area contributed by atoms with Crippen LogP contribution in [0.2, 0.25) is 0 Å². The van der Waals surface area contributed by atoms with Gasteiger partial charge in [-0.3, -0.25) is 4.68 Å². The van der Waals surface area contributed by atoms with E-state index in [1.165, 1.54) is 11.3 Å². The predicted octanol–water partition coefficient (Wildman–Crippen LogP) is 2.01. The lowest BCUT2D eigenvalue weighted by atomic mass is 10.1. The van der Waals surface area contributed by atoms with Crippen molar-refractivity contribution >= 4 is 21.4 Å². The Bertz CT molecular complexity index is 688. The molecule has 1 N–H and O–H groups in total. The number of aromatic nitrogens is 2. The van der Waals surface area contributed by atoms with E-state index in [0.717, 1.165) is 17.0 Å². The molecule has 2 aromatic heterocycles. The normalized spacial score (nSPS) is 13.6. The maximum absolute atomic E-state index is 12.1. The molecule has 1 atom stereocenters. The van der Waals surface area contributed by atoms with Crippen LogP contribution in [-0.4, -0.2) is 24.2 Å². The highest BCUT2D eigenvalue weighted by Crippen LogP contribution is 2.18. The third-order valence-corrected chi connectivity index (χ3v) is 6.27. The molecule has 0 amide bonds. The number of aryl methyl sites for hydroxylation is 2. The molecule has 110 valence electrons. The Labute approximate surface area is 123 Å². The molecule has 0 fully saturated rings. The first-order chi connectivity index (χ1) is 9.31. The van der Waals surface area contributed by atoms with Crippen molar-refractivity contribution in [3.63, 3.8) is 0 Å². The summed E-state index contributed by atoms with van der Waals surface area (Å²) < 4.78 is 29.2. The Morgan fingerprint density at radius 2 is 2.15 bits per heavy atom. The summed E-state index contributed by atoms with van der Waals surface area (Å²) >= 11 is 1.22. The minimum Gasteiger partial charge on any atom is -0.272 e. The van der Waals surface area contributed by atoms with Crippen molar-refractivity contribution in [2.24, 2.45) is 7.05 Å². The molecule has 2 rings (SSSR count). The number of hydrogen-bond acceptors (Lipinski definition) is 4. The van der Waals surface area contributed by atoms with E-state index in [2.05, 4.69) is 9.82 Å². The molecule has 0 radical (unpaired) electrons. The molecular weight excluding hydrogens is 294 g/mol. The summed E-state index contributed by atoms with van der Waals surface area (Å²) in [5, 5.41) is 6.11. The zero-order valence-electron chi connectivity index (χ0n) is 12.0. The first-order valence-corrected chi connectivity index (χ1v) is 8.72. The molecule has 0 aliphatic heterocycles. The third kappa shape index (κ3) is 3.11. The fourth-order valence-corrected chi connectivity index (χ4v) is 4.45. The number of hydrogen-bond donors (Lipinski definition) is 1. The zero-order chi connectivity index (χ0) is 14.9. The fourth-order valence-electron chi connectivity index (χ4n) is 2.20. The van der Waals surface area contributed by atoms with Crippen LogP contribution in [0.4, 0.5) is 0 Å². The van der Waals surface area contributed by atoms with Crippen molar-refractivity contribution in [3.8, 4) is 0 Å². The predicted molar refractivity (Wildman–Crippen MR) is 80.5 cm³/mol. The van der Waals surface area contributed by atoms with Crippen molar-refractivity contribution < 1.29 is 8.42 Å². The van der Waals surface area contributed by atoms with Crippen LogP contribution >= 0.6 is 11.3 Å². The Hall–Kier alpha value is -1.18. The molecule has 0 aromatic carbocycles. The molecule has 0 aliphatic rings. The Morgan fingerprint density at radius 1 is 1.45 bits per heavy atom. The standard InChI is InChI=1S/C13H19N3O2S2/c1-9(8-12-10(2)14-16(4)11(12)3)15-20(17,18)13-6-5-7-19-13/h5-7,9,15H,8H2,1-4H3/t9-/m0/s1. The van der Waals surface area contributed by atoms with Crippen molar-refractivity contribution in [1.82, 2.24) is 14.5 Å². The van der Waals surface area contributed by atoms with E-state index in [1.54, 1.807) is 17.5 Å². The minimum absolute atomic E-state index is 0.177. The average molecular weight is 313 g/mol. The lowest BCUT2D eigenvalue weighted by molar-refractivity contribution is 0.561. The van der Waals surface area contributed by atoms with Crippen LogP contribution < -0.4 is 4.72 Å². The van der Waals surface area contributed by atoms with Gasteiger partial charge in [0.05, 0.1) is 5.69 Å². The smallest absolute Gasteiger partial charge is 0.250 e. The van der Waals surface area contributed by atoms with E-state index in [4.69, 9.17) is 0 Å². The topological polar surface area (TPSA) is 64.0 Å². The second-order valence-electron chi connectivity index (χ2n) is 4.93. The molecule has 7 heteroatoms. The molecule has 5 nitrogen and oxygen atoms in total. The lowest BCUT2D eigenvalue weighted by Crippen LogP contribution is -2.33. The van der Waals surface area contributed by atoms with Crippen LogP contribution in [0.25, 0.3) is 0 Å². The summed E-state index contributed by atoms with van der Waals surface area (Å²) in [5.41, 5.74) is 3.13. The van der Waals surface area contributed by atoms with Gasteiger partial charge in [-0.1, -0.05) is 6.07 Å². The van der Waals surface area contributed by atoms with Gasteiger partial charge in [0, 0.05) is 18.8 Å². The minimum atomic E-state index is -3.41. The van der Waals surface area contributed by atoms with Crippen LogP contribution in [0.15, 0.2) is 21.7 Å². The summed E-state index contributed by atoms with van der Waals surface area (Å²) in [6.07, 6.45) is 0.635. The molecule has 2 aromatic rings. The monoisotopic (exact) mass is 313 g/mol. The Balaban J connectivity index is 2.12. The van der Waals surface area contributed by atoms with Crippen molar-refractivity contribution in [3.05, 3.63) is 34.5 Å². The molecule has 0 aliphatic carbocycles. The maximum Gasteiger partial charge on any atom is 0.250 e. The molecule has 2 heterocycles. The van der Waals surface area contributed by atoms with E-state index in [0.29, 0.717) is 10.6 Å². The highest BCUT2D eigenvalue weighted by Gasteiger charge is 2.20. The van der Waals surface area contributed by atoms with Crippen molar-refractivity contribution in [1.29, 1.82) is 0 Å². The number of thiophene rings is 1. The van der Waals surface area contributed by atoms with Gasteiger partial charge in [-0.25, -0.2) is 13.1 Å². The van der Waals surface area contributed by atoms with Crippen molar-refractivity contribution in [2.45, 2.75) is 37.4 Å². The number of nitrogens with one attached hydrogen (secondary N) is 1. The van der Waals surface area contributed by atoms with Gasteiger partial charge in [0.1, 0.15) is 4.21 Å². The Kier molecular flexibility index (Phi) is 4.31. The van der Waals surface area contributed by atoms with Gasteiger partial charge in [0.2, 0.25) is 10.0 Å². The van der Waals surface area contributed by atoms with Gasteiger partial charge in [0.15, 0.2) is 0 Å². The molecule has 0 spiro atoms. The lowest BCUT2D eigenvalue weighted by Gasteiger charge is -2.13. The summed E-state index contributed by atoms with van der Waals surface area (Å²) in [6.45, 7) is 5.82. The van der Waals surface area contributed by atoms with E-state index < -0.39 is 10.0 Å². The fraction of sp³-hybridized carbons (Fsp3) is 0.462. The molecule has 0 saturated carbocycles. The highest BCUT2D eigenvalue weighted by molar-refractivity contribution is 7.91. The van der Waals surface area contributed by atoms with E-state index in [-0.39, 0.29) is 6.04 Å². The maximum atomic E-state index is 12.1. The van der Waals surface area contributed by atoms with Crippen LogP contribution in [0.1, 0.15) is 23.9 Å². The molecule has 0 unspecified atom stereocenters. The highest BCUT2D eigenvalue weighted by atomic mass is 32.2. The van der Waals surface area contributed by atoms with Gasteiger partial charge in [0.25, 0.3) is 0 Å². The quantitative estimate of drug-likeness (QED) is 0.918. The van der Waals surface area contributed by atoms with Gasteiger partial charge in [-0.2, -0.15) is 5.10 Å². The van der Waals surface area contributed by atoms with Crippen LogP contribution in [0.3, 0.4) is 0 Å². The Morgan fingerprint density at radius 3 is 2.65 bits per heavy atom. The summed E-state index contributed by atoms with van der Waals surface area (Å²) in [7, 11) is -1.52. The van der Waals surface area contributed by atoms with Crippen LogP contribution in [-0.2, 0) is 23.5 Å². The number of rotatable bonds is 5.